The molecule has 5 saturated carbocycles. The molecule has 0 amide bonds. The minimum atomic E-state index is -0.102. The van der Waals surface area contributed by atoms with Crippen LogP contribution >= 0.6 is 0 Å². The molecule has 5 rings (SSSR count). The van der Waals surface area contributed by atoms with Crippen molar-refractivity contribution in [3.63, 3.8) is 0 Å². The summed E-state index contributed by atoms with van der Waals surface area (Å²) < 4.78 is 0. The van der Waals surface area contributed by atoms with Crippen molar-refractivity contribution in [1.29, 1.82) is 0 Å². The fourth-order valence-corrected chi connectivity index (χ4v) is 6.39. The fourth-order valence-electron chi connectivity index (χ4n) is 6.39. The second-order valence-corrected chi connectivity index (χ2v) is 6.22. The van der Waals surface area contributed by atoms with Gasteiger partial charge in [0.05, 0.1) is 6.10 Å². The van der Waals surface area contributed by atoms with Crippen LogP contribution in [0.4, 0.5) is 0 Å². The van der Waals surface area contributed by atoms with Crippen LogP contribution in [0.25, 0.3) is 0 Å². The summed E-state index contributed by atoms with van der Waals surface area (Å²) in [5.41, 5.74) is 0. The lowest BCUT2D eigenvalue weighted by Gasteiger charge is -2.53. The van der Waals surface area contributed by atoms with E-state index in [1.54, 1.807) is 0 Å². The van der Waals surface area contributed by atoms with E-state index < -0.39 is 0 Å². The van der Waals surface area contributed by atoms with E-state index in [1.165, 1.54) is 6.42 Å². The third-order valence-corrected chi connectivity index (χ3v) is 6.38. The Morgan fingerprint density at radius 3 is 2.71 bits per heavy atom. The van der Waals surface area contributed by atoms with E-state index in [9.17, 15) is 9.90 Å². The number of aliphatic hydroxyl groups excluding tert-OH is 1. The van der Waals surface area contributed by atoms with Gasteiger partial charge in [0.25, 0.3) is 0 Å². The van der Waals surface area contributed by atoms with Gasteiger partial charge in [-0.1, -0.05) is 0 Å². The van der Waals surface area contributed by atoms with Crippen LogP contribution in [0.3, 0.4) is 0 Å². The topological polar surface area (TPSA) is 37.3 Å². The van der Waals surface area contributed by atoms with E-state index in [0.717, 1.165) is 24.2 Å². The predicted octanol–water partition coefficient (Wildman–Crippen LogP) is 0.694. The predicted molar refractivity (Wildman–Crippen MR) is 48.2 cm³/mol. The van der Waals surface area contributed by atoms with Gasteiger partial charge in [-0.15, -0.1) is 0 Å². The Labute approximate surface area is 82.7 Å². The van der Waals surface area contributed by atoms with Gasteiger partial charge >= 0.3 is 0 Å². The Morgan fingerprint density at radius 1 is 1.00 bits per heavy atom. The van der Waals surface area contributed by atoms with Crippen LogP contribution in [0.5, 0.6) is 0 Å². The van der Waals surface area contributed by atoms with Gasteiger partial charge in [-0.2, -0.15) is 0 Å². The van der Waals surface area contributed by atoms with Crippen molar-refractivity contribution in [1.82, 2.24) is 0 Å². The summed E-state index contributed by atoms with van der Waals surface area (Å²) >= 11 is 0. The molecule has 0 heterocycles. The third kappa shape index (κ3) is 0.425. The van der Waals surface area contributed by atoms with Gasteiger partial charge in [0, 0.05) is 12.3 Å². The van der Waals surface area contributed by atoms with Crippen molar-refractivity contribution in [2.24, 2.45) is 47.3 Å². The highest BCUT2D eigenvalue weighted by atomic mass is 16.3. The molecule has 0 aromatic heterocycles. The van der Waals surface area contributed by atoms with Gasteiger partial charge in [-0.05, 0) is 47.8 Å². The van der Waals surface area contributed by atoms with Crippen LogP contribution < -0.4 is 0 Å². The van der Waals surface area contributed by atoms with Crippen LogP contribution in [0.1, 0.15) is 12.8 Å². The minimum absolute atomic E-state index is 0.102. The van der Waals surface area contributed by atoms with Crippen LogP contribution in [0.2, 0.25) is 0 Å². The minimum Gasteiger partial charge on any atom is -0.392 e. The largest absolute Gasteiger partial charge is 0.392 e. The van der Waals surface area contributed by atoms with E-state index in [1.807, 2.05) is 0 Å². The van der Waals surface area contributed by atoms with E-state index in [0.29, 0.717) is 35.4 Å². The van der Waals surface area contributed by atoms with Gasteiger partial charge in [-0.25, -0.2) is 0 Å². The van der Waals surface area contributed by atoms with Gasteiger partial charge in [0.15, 0.2) is 0 Å². The smallest absolute Gasteiger partial charge is 0.136 e. The second-order valence-electron chi connectivity index (χ2n) is 6.22. The molecule has 0 saturated heterocycles. The highest BCUT2D eigenvalue weighted by Crippen LogP contribution is 2.79. The Morgan fingerprint density at radius 2 is 1.86 bits per heavy atom. The van der Waals surface area contributed by atoms with Crippen LogP contribution in [-0.2, 0) is 4.79 Å². The maximum atomic E-state index is 11.9. The van der Waals surface area contributed by atoms with Gasteiger partial charge in [0.1, 0.15) is 5.78 Å². The molecule has 2 nitrogen and oxygen atoms in total. The Kier molecular flexibility index (Phi) is 0.853. The van der Waals surface area contributed by atoms with Crippen molar-refractivity contribution >= 4 is 5.78 Å². The van der Waals surface area contributed by atoms with Crippen LogP contribution in [0, 0.1) is 47.3 Å². The van der Waals surface area contributed by atoms with Crippen LogP contribution in [-0.4, -0.2) is 17.0 Å². The molecule has 5 aliphatic carbocycles. The zero-order valence-electron chi connectivity index (χ0n) is 7.97. The number of rotatable bonds is 0. The Bertz CT molecular complexity index is 361. The molecule has 2 heteroatoms. The average molecular weight is 190 g/mol. The molecule has 5 aliphatic rings. The summed E-state index contributed by atoms with van der Waals surface area (Å²) in [7, 11) is 0. The number of ketones is 1. The first-order valence-electron chi connectivity index (χ1n) is 6.00. The summed E-state index contributed by atoms with van der Waals surface area (Å²) in [5, 5.41) is 10.2. The molecular formula is C12H14O2. The first kappa shape index (κ1) is 7.00. The number of fused-ring (bicyclic) bond motifs is 2. The monoisotopic (exact) mass is 190 g/mol. The molecule has 0 radical (unpaired) electrons. The van der Waals surface area contributed by atoms with Crippen molar-refractivity contribution < 1.29 is 9.90 Å². The highest BCUT2D eigenvalue weighted by Gasteiger charge is 2.79. The number of carbonyl (C=O) groups is 1. The van der Waals surface area contributed by atoms with Gasteiger partial charge in [-0.3, -0.25) is 4.79 Å². The first-order chi connectivity index (χ1) is 6.79. The SMILES string of the molecule is O=C1CC2C3C(O)C4C5CC(C14)C2C53. The zero-order chi connectivity index (χ0) is 9.19. The summed E-state index contributed by atoms with van der Waals surface area (Å²) in [6.45, 7) is 0. The van der Waals surface area contributed by atoms with Crippen molar-refractivity contribution in [2.45, 2.75) is 18.9 Å². The normalized spacial score (nSPS) is 75.8. The van der Waals surface area contributed by atoms with Gasteiger partial charge < -0.3 is 5.11 Å². The Hall–Kier alpha value is -0.370. The van der Waals surface area contributed by atoms with Crippen molar-refractivity contribution in [3.05, 3.63) is 0 Å². The number of carbonyl (C=O) groups excluding carboxylic acids is 1. The molecule has 1 N–H and O–H groups in total. The van der Waals surface area contributed by atoms with E-state index in [-0.39, 0.29) is 6.10 Å². The average Bonchev–Trinajstić information content (AvgIpc) is 2.62. The molecule has 14 heavy (non-hydrogen) atoms. The van der Waals surface area contributed by atoms with Crippen LogP contribution in [0.15, 0.2) is 0 Å². The molecule has 0 aromatic carbocycles. The maximum Gasteiger partial charge on any atom is 0.136 e. The second kappa shape index (κ2) is 1.71. The van der Waals surface area contributed by atoms with E-state index in [4.69, 9.17) is 0 Å². The molecule has 0 spiro atoms. The molecule has 9 atom stereocenters. The summed E-state index contributed by atoms with van der Waals surface area (Å²) in [6.07, 6.45) is 1.99. The molecule has 0 aliphatic heterocycles. The molecular weight excluding hydrogens is 176 g/mol. The number of aliphatic hydroxyl groups is 1. The Balaban J connectivity index is 1.81. The maximum absolute atomic E-state index is 11.9. The third-order valence-electron chi connectivity index (χ3n) is 6.38. The molecule has 74 valence electrons. The molecule has 2 bridgehead atoms. The number of Topliss-reactive ketones (excluding diaryl/α,β-unsaturated/α-hetero) is 1. The molecule has 5 fully saturated rings. The number of hydrogen-bond donors (Lipinski definition) is 1. The summed E-state index contributed by atoms with van der Waals surface area (Å²) in [4.78, 5) is 11.9. The van der Waals surface area contributed by atoms with Crippen molar-refractivity contribution in [2.75, 3.05) is 0 Å². The molecule has 0 aromatic rings. The quantitative estimate of drug-likeness (QED) is 0.610. The fraction of sp³-hybridized carbons (Fsp3) is 0.917. The van der Waals surface area contributed by atoms with Crippen molar-refractivity contribution in [3.8, 4) is 0 Å². The standard InChI is InChI=1S/C12H14O2/c13-6-2-5-7-3-1-4-9(7)11(5)12(14)10(4)8(3)6/h3-5,7-12,14H,1-2H2. The molecule has 9 unspecified atom stereocenters. The zero-order valence-corrected chi connectivity index (χ0v) is 7.97. The van der Waals surface area contributed by atoms with Gasteiger partial charge in [0.2, 0.25) is 0 Å². The highest BCUT2D eigenvalue weighted by molar-refractivity contribution is 5.85. The summed E-state index contributed by atoms with van der Waals surface area (Å²) in [6, 6.07) is 0. The van der Waals surface area contributed by atoms with E-state index >= 15 is 0 Å². The number of hydrogen-bond acceptors (Lipinski definition) is 2. The summed E-state index contributed by atoms with van der Waals surface area (Å²) in [5.74, 6) is 5.48. The lowest BCUT2D eigenvalue weighted by molar-refractivity contribution is -0.143. The van der Waals surface area contributed by atoms with E-state index in [2.05, 4.69) is 0 Å². The lowest BCUT2D eigenvalue weighted by atomic mass is 9.50. The first-order valence-corrected chi connectivity index (χ1v) is 6.00. The lowest BCUT2D eigenvalue weighted by Crippen LogP contribution is -2.53.